The zero-order chi connectivity index (χ0) is 13.7. The topological polar surface area (TPSA) is 23.8 Å². The van der Waals surface area contributed by atoms with Gasteiger partial charge in [0.25, 0.3) is 0 Å². The normalized spacial score (nSPS) is 40.2. The van der Waals surface area contributed by atoms with Crippen molar-refractivity contribution in [2.45, 2.75) is 63.3 Å². The fourth-order valence-electron chi connectivity index (χ4n) is 3.29. The summed E-state index contributed by atoms with van der Waals surface area (Å²) < 4.78 is 13.9. The maximum absolute atomic E-state index is 13.9. The van der Waals surface area contributed by atoms with Crippen LogP contribution in [-0.4, -0.2) is 11.4 Å². The number of hydrogen-bond acceptors (Lipinski definition) is 2. The second-order valence-corrected chi connectivity index (χ2v) is 7.27. The molecule has 0 radical (unpaired) electrons. The molecule has 3 atom stereocenters. The molecule has 2 aliphatic rings. The lowest BCUT2D eigenvalue weighted by molar-refractivity contribution is 0.228. The van der Waals surface area contributed by atoms with E-state index in [4.69, 9.17) is 5.26 Å². The standard InChI is InChI=1S/C16H24FNS/c1-12-2-4-13(5-3-12)6-7-14-8-9-16(19-11-18)15(17)10-14/h6-7,12-16H,2-5,8-10H2,1H3. The number of rotatable bonds is 3. The Hall–Kier alpha value is -0.490. The van der Waals surface area contributed by atoms with E-state index >= 15 is 0 Å². The van der Waals surface area contributed by atoms with E-state index in [0.29, 0.717) is 12.3 Å². The minimum Gasteiger partial charge on any atom is -0.246 e. The quantitative estimate of drug-likeness (QED) is 0.531. The predicted molar refractivity (Wildman–Crippen MR) is 79.5 cm³/mol. The first-order valence-corrected chi connectivity index (χ1v) is 8.44. The van der Waals surface area contributed by atoms with E-state index in [0.717, 1.165) is 36.4 Å². The van der Waals surface area contributed by atoms with Crippen molar-refractivity contribution in [3.63, 3.8) is 0 Å². The van der Waals surface area contributed by atoms with E-state index in [1.54, 1.807) is 0 Å². The second kappa shape index (κ2) is 7.33. The van der Waals surface area contributed by atoms with Gasteiger partial charge in [-0.15, -0.1) is 0 Å². The highest BCUT2D eigenvalue weighted by Crippen LogP contribution is 2.35. The second-order valence-electron chi connectivity index (χ2n) is 6.24. The molecule has 0 aliphatic heterocycles. The van der Waals surface area contributed by atoms with Gasteiger partial charge >= 0.3 is 0 Å². The molecule has 0 saturated heterocycles. The van der Waals surface area contributed by atoms with E-state index in [1.165, 1.54) is 25.7 Å². The minimum absolute atomic E-state index is 0.0924. The van der Waals surface area contributed by atoms with Gasteiger partial charge in [-0.3, -0.25) is 0 Å². The fourth-order valence-corrected chi connectivity index (χ4v) is 3.93. The van der Waals surface area contributed by atoms with Crippen LogP contribution in [0.1, 0.15) is 51.9 Å². The van der Waals surface area contributed by atoms with Gasteiger partial charge in [-0.1, -0.05) is 31.9 Å². The van der Waals surface area contributed by atoms with Gasteiger partial charge in [-0.2, -0.15) is 5.26 Å². The molecule has 3 heteroatoms. The SMILES string of the molecule is CC1CCC(C=CC2CCC(SC#N)C(F)C2)CC1. The van der Waals surface area contributed by atoms with Crippen molar-refractivity contribution in [2.75, 3.05) is 0 Å². The van der Waals surface area contributed by atoms with E-state index in [9.17, 15) is 4.39 Å². The summed E-state index contributed by atoms with van der Waals surface area (Å²) in [7, 11) is 0. The van der Waals surface area contributed by atoms with Crippen LogP contribution < -0.4 is 0 Å². The first kappa shape index (κ1) is 14.9. The number of allylic oxidation sites excluding steroid dienone is 2. The van der Waals surface area contributed by atoms with Crippen LogP contribution in [0, 0.1) is 28.4 Å². The van der Waals surface area contributed by atoms with Crippen molar-refractivity contribution in [2.24, 2.45) is 17.8 Å². The zero-order valence-electron chi connectivity index (χ0n) is 11.7. The number of nitrogens with zero attached hydrogens (tertiary/aromatic N) is 1. The first-order chi connectivity index (χ1) is 9.19. The maximum Gasteiger partial charge on any atom is 0.133 e. The molecule has 0 spiro atoms. The Balaban J connectivity index is 1.76. The molecule has 2 fully saturated rings. The molecular formula is C16H24FNS. The van der Waals surface area contributed by atoms with Gasteiger partial charge in [0.2, 0.25) is 0 Å². The third kappa shape index (κ3) is 4.53. The molecule has 0 amide bonds. The van der Waals surface area contributed by atoms with Crippen molar-refractivity contribution in [1.82, 2.24) is 0 Å². The summed E-state index contributed by atoms with van der Waals surface area (Å²) in [6.45, 7) is 2.34. The number of thiocyanates is 1. The number of hydrogen-bond donors (Lipinski definition) is 0. The average molecular weight is 281 g/mol. The molecule has 0 heterocycles. The summed E-state index contributed by atoms with van der Waals surface area (Å²) in [4.78, 5) is 0. The van der Waals surface area contributed by atoms with E-state index in [-0.39, 0.29) is 5.25 Å². The largest absolute Gasteiger partial charge is 0.246 e. The summed E-state index contributed by atoms with van der Waals surface area (Å²) in [6, 6.07) is 0. The molecule has 3 unspecified atom stereocenters. The van der Waals surface area contributed by atoms with Gasteiger partial charge in [0, 0.05) is 0 Å². The van der Waals surface area contributed by atoms with Gasteiger partial charge in [-0.05, 0) is 61.6 Å². The molecule has 2 saturated carbocycles. The Morgan fingerprint density at radius 1 is 1.05 bits per heavy atom. The number of alkyl halides is 1. The van der Waals surface area contributed by atoms with Crippen molar-refractivity contribution < 1.29 is 4.39 Å². The molecule has 0 aromatic carbocycles. The molecule has 0 N–H and O–H groups in total. The molecule has 0 aromatic rings. The van der Waals surface area contributed by atoms with Crippen LogP contribution in [0.3, 0.4) is 0 Å². The highest BCUT2D eigenvalue weighted by Gasteiger charge is 2.30. The van der Waals surface area contributed by atoms with E-state index in [1.807, 2.05) is 5.40 Å². The zero-order valence-corrected chi connectivity index (χ0v) is 12.5. The summed E-state index contributed by atoms with van der Waals surface area (Å²) in [5.41, 5.74) is 0. The number of halogens is 1. The Bertz CT molecular complexity index is 341. The Morgan fingerprint density at radius 3 is 2.32 bits per heavy atom. The van der Waals surface area contributed by atoms with Crippen LogP contribution in [0.15, 0.2) is 12.2 Å². The molecule has 0 aromatic heterocycles. The van der Waals surface area contributed by atoms with Gasteiger partial charge in [0.05, 0.1) is 5.25 Å². The van der Waals surface area contributed by atoms with E-state index < -0.39 is 6.17 Å². The fraction of sp³-hybridized carbons (Fsp3) is 0.812. The van der Waals surface area contributed by atoms with Crippen molar-refractivity contribution in [3.8, 4) is 5.40 Å². The number of nitriles is 1. The lowest BCUT2D eigenvalue weighted by Gasteiger charge is -2.29. The smallest absolute Gasteiger partial charge is 0.133 e. The molecule has 2 aliphatic carbocycles. The maximum atomic E-state index is 13.9. The van der Waals surface area contributed by atoms with Crippen molar-refractivity contribution in [3.05, 3.63) is 12.2 Å². The lowest BCUT2D eigenvalue weighted by Crippen LogP contribution is -2.27. The molecule has 2 rings (SSSR count). The van der Waals surface area contributed by atoms with Crippen LogP contribution >= 0.6 is 11.8 Å². The van der Waals surface area contributed by atoms with Gasteiger partial charge in [-0.25, -0.2) is 4.39 Å². The summed E-state index contributed by atoms with van der Waals surface area (Å²) in [5, 5.41) is 10.6. The van der Waals surface area contributed by atoms with Crippen LogP contribution in [0.4, 0.5) is 4.39 Å². The predicted octanol–water partition coefficient (Wildman–Crippen LogP) is 5.09. The van der Waals surface area contributed by atoms with E-state index in [2.05, 4.69) is 19.1 Å². The monoisotopic (exact) mass is 281 g/mol. The van der Waals surface area contributed by atoms with Crippen LogP contribution in [0.2, 0.25) is 0 Å². The summed E-state index contributed by atoms with van der Waals surface area (Å²) >= 11 is 1.12. The van der Waals surface area contributed by atoms with Crippen LogP contribution in [-0.2, 0) is 0 Å². The molecule has 1 nitrogen and oxygen atoms in total. The third-order valence-corrected chi connectivity index (χ3v) is 5.61. The Morgan fingerprint density at radius 2 is 1.68 bits per heavy atom. The summed E-state index contributed by atoms with van der Waals surface area (Å²) in [5.74, 6) is 2.00. The molecule has 19 heavy (non-hydrogen) atoms. The Labute approximate surface area is 120 Å². The highest BCUT2D eigenvalue weighted by molar-refractivity contribution is 8.04. The molecule has 106 valence electrons. The first-order valence-electron chi connectivity index (χ1n) is 7.56. The lowest BCUT2D eigenvalue weighted by atomic mass is 9.81. The van der Waals surface area contributed by atoms with Gasteiger partial charge in [0.15, 0.2) is 0 Å². The highest BCUT2D eigenvalue weighted by atomic mass is 32.2. The van der Waals surface area contributed by atoms with Crippen LogP contribution in [0.5, 0.6) is 0 Å². The molecular weight excluding hydrogens is 257 g/mol. The van der Waals surface area contributed by atoms with Gasteiger partial charge < -0.3 is 0 Å². The average Bonchev–Trinajstić information content (AvgIpc) is 2.41. The van der Waals surface area contributed by atoms with Gasteiger partial charge in [0.1, 0.15) is 11.6 Å². The summed E-state index contributed by atoms with van der Waals surface area (Å²) in [6.07, 6.45) is 11.6. The Kier molecular flexibility index (Phi) is 5.76. The van der Waals surface area contributed by atoms with Crippen LogP contribution in [0.25, 0.3) is 0 Å². The van der Waals surface area contributed by atoms with Crippen molar-refractivity contribution in [1.29, 1.82) is 5.26 Å². The number of thioether (sulfide) groups is 1. The third-order valence-electron chi connectivity index (χ3n) is 4.67. The molecule has 0 bridgehead atoms. The van der Waals surface area contributed by atoms with Crippen molar-refractivity contribution >= 4 is 11.8 Å². The minimum atomic E-state index is -0.806.